The van der Waals surface area contributed by atoms with Gasteiger partial charge in [0.25, 0.3) is 0 Å². The van der Waals surface area contributed by atoms with Crippen LogP contribution >= 0.6 is 15.9 Å². The lowest BCUT2D eigenvalue weighted by Gasteiger charge is -2.12. The number of hydrogen-bond acceptors (Lipinski definition) is 4. The summed E-state index contributed by atoms with van der Waals surface area (Å²) < 4.78 is 17.4. The number of benzene rings is 2. The van der Waals surface area contributed by atoms with Crippen LogP contribution in [0.5, 0.6) is 17.2 Å². The molecule has 126 valence electrons. The third-order valence-electron chi connectivity index (χ3n) is 3.05. The second kappa shape index (κ2) is 8.98. The molecule has 2 rings (SSSR count). The van der Waals surface area contributed by atoms with Gasteiger partial charge in [-0.1, -0.05) is 15.9 Å². The van der Waals surface area contributed by atoms with Gasteiger partial charge in [-0.2, -0.15) is 0 Å². The molecule has 2 aromatic carbocycles. The maximum absolute atomic E-state index is 10.7. The molecule has 0 aliphatic carbocycles. The molecular formula is C18H17BrO5. The Bertz CT molecular complexity index is 710. The maximum Gasteiger partial charge on any atom is 0.328 e. The van der Waals surface area contributed by atoms with Gasteiger partial charge >= 0.3 is 5.97 Å². The molecule has 0 aliphatic heterocycles. The molecule has 0 amide bonds. The quantitative estimate of drug-likeness (QED) is 0.542. The smallest absolute Gasteiger partial charge is 0.328 e. The van der Waals surface area contributed by atoms with Gasteiger partial charge in [0.15, 0.2) is 0 Å². The Morgan fingerprint density at radius 2 is 1.75 bits per heavy atom. The van der Waals surface area contributed by atoms with Crippen LogP contribution in [0, 0.1) is 0 Å². The predicted molar refractivity (Wildman–Crippen MR) is 94.8 cm³/mol. The van der Waals surface area contributed by atoms with Crippen LogP contribution in [0.3, 0.4) is 0 Å². The first-order chi connectivity index (χ1) is 11.6. The van der Waals surface area contributed by atoms with Crippen molar-refractivity contribution in [2.75, 3.05) is 20.3 Å². The molecule has 0 saturated carbocycles. The van der Waals surface area contributed by atoms with Gasteiger partial charge in [0.1, 0.15) is 30.5 Å². The van der Waals surface area contributed by atoms with E-state index >= 15 is 0 Å². The van der Waals surface area contributed by atoms with Crippen molar-refractivity contribution in [3.63, 3.8) is 0 Å². The Kier molecular flexibility index (Phi) is 6.69. The highest BCUT2D eigenvalue weighted by atomic mass is 79.9. The lowest BCUT2D eigenvalue weighted by Crippen LogP contribution is -2.09. The highest BCUT2D eigenvalue weighted by Gasteiger charge is 2.05. The van der Waals surface area contributed by atoms with Crippen molar-refractivity contribution in [1.29, 1.82) is 0 Å². The summed E-state index contributed by atoms with van der Waals surface area (Å²) in [6.07, 6.45) is 2.54. The Balaban J connectivity index is 1.96. The highest BCUT2D eigenvalue weighted by Crippen LogP contribution is 2.26. The lowest BCUT2D eigenvalue weighted by molar-refractivity contribution is -0.131. The van der Waals surface area contributed by atoms with Gasteiger partial charge in [-0.15, -0.1) is 0 Å². The molecule has 0 heterocycles. The minimum Gasteiger partial charge on any atom is -0.497 e. The van der Waals surface area contributed by atoms with Crippen LogP contribution in [0.2, 0.25) is 0 Å². The Labute approximate surface area is 148 Å². The van der Waals surface area contributed by atoms with Crippen LogP contribution in [0.1, 0.15) is 5.56 Å². The summed E-state index contributed by atoms with van der Waals surface area (Å²) in [6.45, 7) is 0.679. The average Bonchev–Trinajstić information content (AvgIpc) is 2.58. The number of halogens is 1. The van der Waals surface area contributed by atoms with Crippen molar-refractivity contribution < 1.29 is 24.1 Å². The number of hydrogen-bond donors (Lipinski definition) is 1. The molecular weight excluding hydrogens is 376 g/mol. The van der Waals surface area contributed by atoms with E-state index in [0.29, 0.717) is 30.3 Å². The largest absolute Gasteiger partial charge is 0.497 e. The Morgan fingerprint density at radius 1 is 1.08 bits per heavy atom. The van der Waals surface area contributed by atoms with Gasteiger partial charge in [0.2, 0.25) is 0 Å². The number of aliphatic carboxylic acids is 1. The van der Waals surface area contributed by atoms with Crippen LogP contribution < -0.4 is 14.2 Å². The van der Waals surface area contributed by atoms with Gasteiger partial charge in [-0.3, -0.25) is 0 Å². The number of ether oxygens (including phenoxy) is 3. The highest BCUT2D eigenvalue weighted by molar-refractivity contribution is 9.10. The van der Waals surface area contributed by atoms with E-state index in [-0.39, 0.29) is 0 Å². The number of carbonyl (C=O) groups is 1. The van der Waals surface area contributed by atoms with Crippen LogP contribution in [-0.2, 0) is 4.79 Å². The summed E-state index contributed by atoms with van der Waals surface area (Å²) in [7, 11) is 1.56. The molecule has 0 aromatic heterocycles. The van der Waals surface area contributed by atoms with Gasteiger partial charge in [-0.25, -0.2) is 4.79 Å². The lowest BCUT2D eigenvalue weighted by atomic mass is 10.1. The molecule has 0 fully saturated rings. The van der Waals surface area contributed by atoms with E-state index < -0.39 is 5.97 Å². The van der Waals surface area contributed by atoms with Crippen LogP contribution in [0.25, 0.3) is 6.08 Å². The fourth-order valence-corrected chi connectivity index (χ4v) is 2.17. The van der Waals surface area contributed by atoms with E-state index in [1.807, 2.05) is 24.3 Å². The first kappa shape index (κ1) is 17.9. The third kappa shape index (κ3) is 5.62. The van der Waals surface area contributed by atoms with E-state index in [0.717, 1.165) is 16.3 Å². The van der Waals surface area contributed by atoms with E-state index in [1.54, 1.807) is 25.3 Å². The van der Waals surface area contributed by atoms with Crippen molar-refractivity contribution in [2.45, 2.75) is 0 Å². The van der Waals surface area contributed by atoms with Gasteiger partial charge in [-0.05, 0) is 42.5 Å². The standard InChI is InChI=1S/C18H17BrO5/c1-22-16-6-2-13(3-9-18(20)21)17(12-16)24-11-10-23-15-7-4-14(19)5-8-15/h2-9,12H,10-11H2,1H3,(H,20,21). The van der Waals surface area contributed by atoms with E-state index in [9.17, 15) is 4.79 Å². The van der Waals surface area contributed by atoms with Crippen molar-refractivity contribution >= 4 is 28.0 Å². The second-order valence-electron chi connectivity index (χ2n) is 4.73. The Hall–Kier alpha value is -2.47. The molecule has 0 aliphatic rings. The van der Waals surface area contributed by atoms with E-state index in [1.165, 1.54) is 6.08 Å². The maximum atomic E-state index is 10.7. The fraction of sp³-hybridized carbons (Fsp3) is 0.167. The first-order valence-corrected chi connectivity index (χ1v) is 7.98. The normalized spacial score (nSPS) is 10.6. The van der Waals surface area contributed by atoms with Crippen molar-refractivity contribution in [3.8, 4) is 17.2 Å². The Morgan fingerprint density at radius 3 is 2.42 bits per heavy atom. The van der Waals surface area contributed by atoms with Crippen molar-refractivity contribution in [2.24, 2.45) is 0 Å². The number of carboxylic acids is 1. The zero-order chi connectivity index (χ0) is 17.4. The minimum absolute atomic E-state index is 0.317. The first-order valence-electron chi connectivity index (χ1n) is 7.18. The molecule has 0 atom stereocenters. The van der Waals surface area contributed by atoms with Crippen molar-refractivity contribution in [3.05, 3.63) is 58.6 Å². The van der Waals surface area contributed by atoms with Gasteiger partial charge < -0.3 is 19.3 Å². The topological polar surface area (TPSA) is 65.0 Å². The molecule has 2 aromatic rings. The molecule has 0 unspecified atom stereocenters. The summed E-state index contributed by atoms with van der Waals surface area (Å²) in [5.74, 6) is 0.895. The van der Waals surface area contributed by atoms with Crippen LogP contribution in [0.4, 0.5) is 0 Å². The molecule has 24 heavy (non-hydrogen) atoms. The molecule has 0 bridgehead atoms. The number of carboxylic acid groups (broad SMARTS) is 1. The van der Waals surface area contributed by atoms with Gasteiger partial charge in [0.05, 0.1) is 7.11 Å². The zero-order valence-electron chi connectivity index (χ0n) is 13.1. The summed E-state index contributed by atoms with van der Waals surface area (Å²) >= 11 is 3.36. The van der Waals surface area contributed by atoms with Crippen molar-refractivity contribution in [1.82, 2.24) is 0 Å². The fourth-order valence-electron chi connectivity index (χ4n) is 1.91. The number of methoxy groups -OCH3 is 1. The molecule has 0 saturated heterocycles. The second-order valence-corrected chi connectivity index (χ2v) is 5.64. The summed E-state index contributed by atoms with van der Waals surface area (Å²) in [6, 6.07) is 12.7. The average molecular weight is 393 g/mol. The predicted octanol–water partition coefficient (Wildman–Crippen LogP) is 4.01. The van der Waals surface area contributed by atoms with E-state index in [4.69, 9.17) is 19.3 Å². The number of rotatable bonds is 8. The summed E-state index contributed by atoms with van der Waals surface area (Å²) in [5.41, 5.74) is 0.654. The SMILES string of the molecule is COc1ccc(C=CC(=O)O)c(OCCOc2ccc(Br)cc2)c1. The summed E-state index contributed by atoms with van der Waals surface area (Å²) in [5, 5.41) is 8.75. The van der Waals surface area contributed by atoms with Crippen LogP contribution in [0.15, 0.2) is 53.0 Å². The molecule has 0 spiro atoms. The molecule has 0 radical (unpaired) electrons. The minimum atomic E-state index is -1.02. The third-order valence-corrected chi connectivity index (χ3v) is 3.58. The van der Waals surface area contributed by atoms with Gasteiger partial charge in [0, 0.05) is 22.2 Å². The molecule has 5 nitrogen and oxygen atoms in total. The molecule has 6 heteroatoms. The monoisotopic (exact) mass is 392 g/mol. The molecule has 1 N–H and O–H groups in total. The summed E-state index contributed by atoms with van der Waals surface area (Å²) in [4.78, 5) is 10.7. The van der Waals surface area contributed by atoms with Crippen LogP contribution in [-0.4, -0.2) is 31.4 Å². The zero-order valence-corrected chi connectivity index (χ0v) is 14.7. The van der Waals surface area contributed by atoms with E-state index in [2.05, 4.69) is 15.9 Å².